The van der Waals surface area contributed by atoms with Gasteiger partial charge in [0.05, 0.1) is 0 Å². The Morgan fingerprint density at radius 1 is 1.17 bits per heavy atom. The topological polar surface area (TPSA) is 29.3 Å². The van der Waals surface area contributed by atoms with Crippen LogP contribution in [0.1, 0.15) is 40.5 Å². The van der Waals surface area contributed by atoms with Gasteiger partial charge in [-0.25, -0.2) is 0 Å². The van der Waals surface area contributed by atoms with Crippen LogP contribution in [-0.2, 0) is 0 Å². The molecule has 0 aliphatic heterocycles. The van der Waals surface area contributed by atoms with E-state index >= 15 is 0 Å². The second-order valence-corrected chi connectivity index (χ2v) is 4.25. The van der Waals surface area contributed by atoms with E-state index < -0.39 is 0 Å². The van der Waals surface area contributed by atoms with Gasteiger partial charge in [-0.2, -0.15) is 0 Å². The molecule has 0 atom stereocenters. The van der Waals surface area contributed by atoms with Crippen LogP contribution >= 0.6 is 0 Å². The molecule has 74 valence electrons. The lowest BCUT2D eigenvalue weighted by atomic mass is 10.1. The van der Waals surface area contributed by atoms with E-state index in [0.717, 1.165) is 19.5 Å². The quantitative estimate of drug-likeness (QED) is 0.641. The van der Waals surface area contributed by atoms with Crippen molar-refractivity contribution in [3.05, 3.63) is 0 Å². The van der Waals surface area contributed by atoms with Crippen LogP contribution < -0.4 is 5.73 Å². The Hall–Kier alpha value is -0.0800. The number of hydrogen-bond acceptors (Lipinski definition) is 2. The fourth-order valence-corrected chi connectivity index (χ4v) is 1.41. The molecule has 0 aliphatic carbocycles. The Balaban J connectivity index is 3.68. The molecule has 0 aliphatic rings. The maximum Gasteiger partial charge on any atom is 0.0124 e. The molecule has 0 aromatic rings. The molecule has 2 heteroatoms. The molecule has 0 aromatic carbocycles. The molecule has 2 N–H and O–H groups in total. The van der Waals surface area contributed by atoms with Crippen molar-refractivity contribution < 1.29 is 0 Å². The molecule has 0 amide bonds. The van der Waals surface area contributed by atoms with Gasteiger partial charge >= 0.3 is 0 Å². The monoisotopic (exact) mass is 172 g/mol. The van der Waals surface area contributed by atoms with Crippen molar-refractivity contribution in [1.82, 2.24) is 4.90 Å². The molecule has 0 unspecified atom stereocenters. The van der Waals surface area contributed by atoms with E-state index in [1.807, 2.05) is 0 Å². The van der Waals surface area contributed by atoms with Gasteiger partial charge in [-0.1, -0.05) is 6.92 Å². The van der Waals surface area contributed by atoms with E-state index in [9.17, 15) is 0 Å². The Bertz CT molecular complexity index is 105. The molecule has 0 radical (unpaired) electrons. The van der Waals surface area contributed by atoms with Gasteiger partial charge in [0.1, 0.15) is 0 Å². The first-order valence-corrected chi connectivity index (χ1v) is 4.97. The highest BCUT2D eigenvalue weighted by atomic mass is 15.2. The van der Waals surface area contributed by atoms with E-state index in [2.05, 4.69) is 32.6 Å². The van der Waals surface area contributed by atoms with E-state index in [0.29, 0.717) is 5.54 Å². The minimum atomic E-state index is 0.309. The van der Waals surface area contributed by atoms with Crippen molar-refractivity contribution >= 4 is 0 Å². The minimum absolute atomic E-state index is 0.309. The van der Waals surface area contributed by atoms with Gasteiger partial charge in [0.15, 0.2) is 0 Å². The van der Waals surface area contributed by atoms with Gasteiger partial charge in [-0.05, 0) is 53.2 Å². The van der Waals surface area contributed by atoms with Crippen molar-refractivity contribution in [2.45, 2.75) is 46.1 Å². The van der Waals surface area contributed by atoms with Crippen LogP contribution in [0.4, 0.5) is 0 Å². The fraction of sp³-hybridized carbons (Fsp3) is 1.00. The van der Waals surface area contributed by atoms with Crippen LogP contribution in [-0.4, -0.2) is 30.1 Å². The average Bonchev–Trinajstić information content (AvgIpc) is 1.95. The van der Waals surface area contributed by atoms with Crippen LogP contribution in [0.3, 0.4) is 0 Å². The normalized spacial score (nSPS) is 12.5. The molecule has 0 spiro atoms. The highest BCUT2D eigenvalue weighted by molar-refractivity contribution is 4.74. The van der Waals surface area contributed by atoms with Crippen molar-refractivity contribution in [3.63, 3.8) is 0 Å². The van der Waals surface area contributed by atoms with E-state index in [-0.39, 0.29) is 0 Å². The first-order chi connectivity index (χ1) is 5.52. The highest BCUT2D eigenvalue weighted by Crippen LogP contribution is 2.12. The Kier molecular flexibility index (Phi) is 5.51. The number of nitrogens with zero attached hydrogens (tertiary/aromatic N) is 1. The van der Waals surface area contributed by atoms with E-state index in [1.54, 1.807) is 0 Å². The maximum absolute atomic E-state index is 5.45. The second kappa shape index (κ2) is 5.55. The molecule has 2 nitrogen and oxygen atoms in total. The third kappa shape index (κ3) is 4.73. The van der Waals surface area contributed by atoms with Gasteiger partial charge in [-0.15, -0.1) is 0 Å². The molecular formula is C10H24N2. The van der Waals surface area contributed by atoms with Crippen LogP contribution in [0.25, 0.3) is 0 Å². The van der Waals surface area contributed by atoms with Crippen LogP contribution in [0.2, 0.25) is 0 Å². The van der Waals surface area contributed by atoms with Crippen LogP contribution in [0, 0.1) is 0 Å². The Labute approximate surface area is 77.1 Å². The highest BCUT2D eigenvalue weighted by Gasteiger charge is 2.18. The standard InChI is InChI=1S/C10H24N2/c1-5-12(10(2,3)4)9-7-6-8-11/h5-9,11H2,1-4H3. The zero-order valence-electron chi connectivity index (χ0n) is 9.06. The van der Waals surface area contributed by atoms with Crippen molar-refractivity contribution in [1.29, 1.82) is 0 Å². The summed E-state index contributed by atoms with van der Waals surface area (Å²) in [5, 5.41) is 0. The average molecular weight is 172 g/mol. The summed E-state index contributed by atoms with van der Waals surface area (Å²) in [6, 6.07) is 0. The lowest BCUT2D eigenvalue weighted by Gasteiger charge is -2.34. The fourth-order valence-electron chi connectivity index (χ4n) is 1.41. The largest absolute Gasteiger partial charge is 0.330 e. The lowest BCUT2D eigenvalue weighted by molar-refractivity contribution is 0.142. The van der Waals surface area contributed by atoms with Gasteiger partial charge in [-0.3, -0.25) is 4.90 Å². The summed E-state index contributed by atoms with van der Waals surface area (Å²) >= 11 is 0. The van der Waals surface area contributed by atoms with Gasteiger partial charge in [0.2, 0.25) is 0 Å². The third-order valence-electron chi connectivity index (χ3n) is 2.21. The zero-order valence-corrected chi connectivity index (χ0v) is 9.06. The number of unbranched alkanes of at least 4 members (excludes halogenated alkanes) is 1. The van der Waals surface area contributed by atoms with E-state index in [4.69, 9.17) is 5.73 Å². The Morgan fingerprint density at radius 3 is 2.08 bits per heavy atom. The molecule has 0 aromatic heterocycles. The number of rotatable bonds is 5. The summed E-state index contributed by atoms with van der Waals surface area (Å²) in [5.74, 6) is 0. The maximum atomic E-state index is 5.45. The molecular weight excluding hydrogens is 148 g/mol. The van der Waals surface area contributed by atoms with Crippen molar-refractivity contribution in [3.8, 4) is 0 Å². The summed E-state index contributed by atoms with van der Waals surface area (Å²) < 4.78 is 0. The third-order valence-corrected chi connectivity index (χ3v) is 2.21. The summed E-state index contributed by atoms with van der Waals surface area (Å²) in [7, 11) is 0. The minimum Gasteiger partial charge on any atom is -0.330 e. The number of nitrogens with two attached hydrogens (primary N) is 1. The summed E-state index contributed by atoms with van der Waals surface area (Å²) in [6.07, 6.45) is 2.37. The second-order valence-electron chi connectivity index (χ2n) is 4.25. The molecule has 0 rings (SSSR count). The molecule has 0 bridgehead atoms. The first-order valence-electron chi connectivity index (χ1n) is 4.97. The van der Waals surface area contributed by atoms with Crippen molar-refractivity contribution in [2.24, 2.45) is 5.73 Å². The smallest absolute Gasteiger partial charge is 0.0124 e. The molecule has 0 heterocycles. The molecule has 0 saturated heterocycles. The summed E-state index contributed by atoms with van der Waals surface area (Å²) in [4.78, 5) is 2.49. The molecule has 12 heavy (non-hydrogen) atoms. The summed E-state index contributed by atoms with van der Waals surface area (Å²) in [5.41, 5.74) is 5.76. The molecule has 0 saturated carbocycles. The SMILES string of the molecule is CCN(CCCCN)C(C)(C)C. The first kappa shape index (κ1) is 11.9. The summed E-state index contributed by atoms with van der Waals surface area (Å²) in [6.45, 7) is 12.1. The zero-order chi connectivity index (χ0) is 9.61. The lowest BCUT2D eigenvalue weighted by Crippen LogP contribution is -2.41. The number of hydrogen-bond donors (Lipinski definition) is 1. The Morgan fingerprint density at radius 2 is 1.75 bits per heavy atom. The van der Waals surface area contributed by atoms with Gasteiger partial charge in [0, 0.05) is 5.54 Å². The molecule has 0 fully saturated rings. The van der Waals surface area contributed by atoms with E-state index in [1.165, 1.54) is 13.0 Å². The van der Waals surface area contributed by atoms with Gasteiger partial charge < -0.3 is 5.73 Å². The predicted molar refractivity (Wildman–Crippen MR) is 55.3 cm³/mol. The van der Waals surface area contributed by atoms with Crippen molar-refractivity contribution in [2.75, 3.05) is 19.6 Å². The van der Waals surface area contributed by atoms with Crippen LogP contribution in [0.5, 0.6) is 0 Å². The predicted octanol–water partition coefficient (Wildman–Crippen LogP) is 1.85. The van der Waals surface area contributed by atoms with Crippen LogP contribution in [0.15, 0.2) is 0 Å². The van der Waals surface area contributed by atoms with Gasteiger partial charge in [0.25, 0.3) is 0 Å².